The molecule has 1 aliphatic heterocycles. The Morgan fingerprint density at radius 1 is 1.22 bits per heavy atom. The number of imide groups is 1. The first-order valence-corrected chi connectivity index (χ1v) is 9.36. The maximum absolute atomic E-state index is 12.6. The van der Waals surface area contributed by atoms with Gasteiger partial charge in [0.1, 0.15) is 6.04 Å². The molecule has 1 aromatic heterocycles. The monoisotopic (exact) mass is 385 g/mol. The molecule has 1 aromatic carbocycles. The Kier molecular flexibility index (Phi) is 5.66. The highest BCUT2D eigenvalue weighted by Gasteiger charge is 2.42. The van der Waals surface area contributed by atoms with Crippen LogP contribution in [0.3, 0.4) is 0 Å². The number of nitrogens with one attached hydrogen (secondary N) is 1. The van der Waals surface area contributed by atoms with Gasteiger partial charge in [-0.2, -0.15) is 11.3 Å². The fourth-order valence-electron chi connectivity index (χ4n) is 2.85. The topological polar surface area (TPSA) is 86.8 Å². The number of likely N-dealkylation sites (N-methyl/N-ethyl adjacent to an activating group) is 1. The van der Waals surface area contributed by atoms with Gasteiger partial charge in [0.05, 0.1) is 19.5 Å². The van der Waals surface area contributed by atoms with Gasteiger partial charge in [0.2, 0.25) is 11.8 Å². The van der Waals surface area contributed by atoms with Gasteiger partial charge >= 0.3 is 0 Å². The normalized spacial score (nSPS) is 16.5. The van der Waals surface area contributed by atoms with Crippen LogP contribution in [-0.4, -0.2) is 53.1 Å². The van der Waals surface area contributed by atoms with E-state index in [9.17, 15) is 19.2 Å². The minimum absolute atomic E-state index is 0.0492. The Morgan fingerprint density at radius 2 is 1.96 bits per heavy atom. The quantitative estimate of drug-likeness (QED) is 0.759. The van der Waals surface area contributed by atoms with Crippen LogP contribution in [0.15, 0.2) is 47.2 Å². The van der Waals surface area contributed by atoms with Crippen molar-refractivity contribution >= 4 is 35.0 Å². The van der Waals surface area contributed by atoms with Crippen LogP contribution in [-0.2, 0) is 20.9 Å². The molecule has 0 bridgehead atoms. The van der Waals surface area contributed by atoms with Crippen molar-refractivity contribution < 1.29 is 19.2 Å². The summed E-state index contributed by atoms with van der Waals surface area (Å²) in [6.45, 7) is -0.0479. The molecule has 0 saturated carbocycles. The smallest absolute Gasteiger partial charge is 0.252 e. The van der Waals surface area contributed by atoms with Crippen molar-refractivity contribution in [2.24, 2.45) is 0 Å². The summed E-state index contributed by atoms with van der Waals surface area (Å²) in [6, 6.07) is 10.0. The molecule has 0 radical (unpaired) electrons. The summed E-state index contributed by atoms with van der Waals surface area (Å²) in [5.41, 5.74) is 1.33. The summed E-state index contributed by atoms with van der Waals surface area (Å²) in [6.07, 6.45) is -0.0492. The lowest BCUT2D eigenvalue weighted by Crippen LogP contribution is -2.46. The molecule has 140 valence electrons. The van der Waals surface area contributed by atoms with Crippen molar-refractivity contribution in [3.8, 4) is 0 Å². The first-order chi connectivity index (χ1) is 13.0. The van der Waals surface area contributed by atoms with Crippen LogP contribution in [0.4, 0.5) is 0 Å². The highest BCUT2D eigenvalue weighted by atomic mass is 32.1. The molecule has 1 aliphatic rings. The van der Waals surface area contributed by atoms with Gasteiger partial charge in [-0.05, 0) is 17.0 Å². The minimum Gasteiger partial charge on any atom is -0.343 e. The molecule has 4 amide bonds. The number of hydrogen-bond acceptors (Lipinski definition) is 5. The Hall–Kier alpha value is -3.00. The molecule has 1 N–H and O–H groups in total. The van der Waals surface area contributed by atoms with Gasteiger partial charge in [0.15, 0.2) is 0 Å². The molecule has 1 fully saturated rings. The van der Waals surface area contributed by atoms with E-state index >= 15 is 0 Å². The average molecular weight is 385 g/mol. The largest absolute Gasteiger partial charge is 0.343 e. The second-order valence-electron chi connectivity index (χ2n) is 6.22. The van der Waals surface area contributed by atoms with Crippen LogP contribution >= 0.6 is 11.3 Å². The van der Waals surface area contributed by atoms with Crippen LogP contribution in [0.1, 0.15) is 22.3 Å². The highest BCUT2D eigenvalue weighted by Crippen LogP contribution is 2.20. The zero-order chi connectivity index (χ0) is 19.4. The van der Waals surface area contributed by atoms with Crippen molar-refractivity contribution in [2.75, 3.05) is 13.6 Å². The summed E-state index contributed by atoms with van der Waals surface area (Å²) in [5.74, 6) is -1.48. The summed E-state index contributed by atoms with van der Waals surface area (Å²) in [5, 5.41) is 5.99. The molecule has 1 atom stereocenters. The van der Waals surface area contributed by atoms with E-state index in [2.05, 4.69) is 5.32 Å². The number of hydrogen-bond donors (Lipinski definition) is 1. The Bertz CT molecular complexity index is 851. The molecule has 1 saturated heterocycles. The molecule has 3 rings (SSSR count). The van der Waals surface area contributed by atoms with Crippen molar-refractivity contribution in [3.05, 3.63) is 58.3 Å². The van der Waals surface area contributed by atoms with Gasteiger partial charge in [-0.1, -0.05) is 30.3 Å². The van der Waals surface area contributed by atoms with E-state index in [1.807, 2.05) is 30.3 Å². The zero-order valence-corrected chi connectivity index (χ0v) is 15.6. The lowest BCUT2D eigenvalue weighted by atomic mass is 10.2. The Labute approximate surface area is 160 Å². The lowest BCUT2D eigenvalue weighted by Gasteiger charge is -2.23. The Morgan fingerprint density at radius 3 is 2.63 bits per heavy atom. The fraction of sp³-hybridized carbons (Fsp3) is 0.263. The second kappa shape index (κ2) is 8.13. The first-order valence-electron chi connectivity index (χ1n) is 8.41. The van der Waals surface area contributed by atoms with Crippen molar-refractivity contribution in [2.45, 2.75) is 19.0 Å². The lowest BCUT2D eigenvalue weighted by molar-refractivity contribution is -0.143. The van der Waals surface area contributed by atoms with Crippen molar-refractivity contribution in [1.29, 1.82) is 0 Å². The summed E-state index contributed by atoms with van der Waals surface area (Å²) < 4.78 is 0. The molecule has 0 aliphatic carbocycles. The average Bonchev–Trinajstić information content (AvgIpc) is 3.30. The number of benzene rings is 1. The van der Waals surface area contributed by atoms with Gasteiger partial charge in [0.25, 0.3) is 11.8 Å². The number of carbonyl (C=O) groups excluding carboxylic acids is 4. The summed E-state index contributed by atoms with van der Waals surface area (Å²) in [4.78, 5) is 51.5. The van der Waals surface area contributed by atoms with E-state index in [1.54, 1.807) is 16.8 Å². The predicted molar refractivity (Wildman–Crippen MR) is 99.8 cm³/mol. The van der Waals surface area contributed by atoms with Gasteiger partial charge in [-0.15, -0.1) is 0 Å². The first kappa shape index (κ1) is 18.8. The molecular weight excluding hydrogens is 366 g/mol. The predicted octanol–water partition coefficient (Wildman–Crippen LogP) is 1.26. The van der Waals surface area contributed by atoms with E-state index in [0.29, 0.717) is 5.56 Å². The number of nitrogens with zero attached hydrogens (tertiary/aromatic N) is 2. The third-order valence-electron chi connectivity index (χ3n) is 4.45. The number of likely N-dealkylation sites (tertiary alicyclic amines) is 1. The molecule has 2 heterocycles. The van der Waals surface area contributed by atoms with E-state index in [1.165, 1.54) is 28.2 Å². The van der Waals surface area contributed by atoms with E-state index in [0.717, 1.165) is 5.56 Å². The standard InChI is InChI=1S/C19H19N3O4S/c1-21(17(24)10-20-18(25)14-7-8-27-12-14)15-9-16(23)22(19(15)26)11-13-5-3-2-4-6-13/h2-8,12,15H,9-11H2,1H3,(H,20,25)/t15-/m0/s1. The summed E-state index contributed by atoms with van der Waals surface area (Å²) >= 11 is 1.39. The molecule has 8 heteroatoms. The number of rotatable bonds is 6. The number of amides is 4. The molecule has 27 heavy (non-hydrogen) atoms. The van der Waals surface area contributed by atoms with E-state index in [4.69, 9.17) is 0 Å². The fourth-order valence-corrected chi connectivity index (χ4v) is 3.49. The van der Waals surface area contributed by atoms with Crippen molar-refractivity contribution in [3.63, 3.8) is 0 Å². The minimum atomic E-state index is -0.841. The number of thiophene rings is 1. The third-order valence-corrected chi connectivity index (χ3v) is 5.13. The van der Waals surface area contributed by atoms with E-state index < -0.39 is 17.9 Å². The van der Waals surface area contributed by atoms with Gasteiger partial charge in [-0.25, -0.2) is 0 Å². The molecular formula is C19H19N3O4S. The Balaban J connectivity index is 1.58. The molecule has 2 aromatic rings. The van der Waals surface area contributed by atoms with Gasteiger partial charge in [-0.3, -0.25) is 24.1 Å². The van der Waals surface area contributed by atoms with Gasteiger partial charge < -0.3 is 10.2 Å². The van der Waals surface area contributed by atoms with Gasteiger partial charge in [0, 0.05) is 18.0 Å². The van der Waals surface area contributed by atoms with Crippen LogP contribution in [0, 0.1) is 0 Å². The SMILES string of the molecule is CN(C(=O)CNC(=O)c1ccsc1)[C@H]1CC(=O)N(Cc2ccccc2)C1=O. The molecule has 0 unspecified atom stereocenters. The maximum atomic E-state index is 12.6. The van der Waals surface area contributed by atoms with E-state index in [-0.39, 0.29) is 31.3 Å². The highest BCUT2D eigenvalue weighted by molar-refractivity contribution is 7.08. The maximum Gasteiger partial charge on any atom is 0.252 e. The van der Waals surface area contributed by atoms with Crippen LogP contribution in [0.5, 0.6) is 0 Å². The second-order valence-corrected chi connectivity index (χ2v) is 7.00. The zero-order valence-electron chi connectivity index (χ0n) is 14.8. The third kappa shape index (κ3) is 4.22. The van der Waals surface area contributed by atoms with Crippen LogP contribution in [0.25, 0.3) is 0 Å². The summed E-state index contributed by atoms with van der Waals surface area (Å²) in [7, 11) is 1.47. The van der Waals surface area contributed by atoms with Crippen LogP contribution in [0.2, 0.25) is 0 Å². The van der Waals surface area contributed by atoms with Crippen molar-refractivity contribution in [1.82, 2.24) is 15.1 Å². The molecule has 0 spiro atoms. The van der Waals surface area contributed by atoms with Crippen LogP contribution < -0.4 is 5.32 Å². The number of carbonyl (C=O) groups is 4. The molecule has 7 nitrogen and oxygen atoms in total.